The third-order valence-electron chi connectivity index (χ3n) is 4.12. The Morgan fingerprint density at radius 1 is 1.56 bits per heavy atom. The highest BCUT2D eigenvalue weighted by molar-refractivity contribution is 5.88. The summed E-state index contributed by atoms with van der Waals surface area (Å²) < 4.78 is 10.4. The topological polar surface area (TPSA) is 55.8 Å². The predicted octanol–water partition coefficient (Wildman–Crippen LogP) is 0.965. The Balaban J connectivity index is 2.09. The van der Waals surface area contributed by atoms with Gasteiger partial charge in [0.15, 0.2) is 0 Å². The summed E-state index contributed by atoms with van der Waals surface area (Å²) in [5, 5.41) is 0. The second kappa shape index (κ2) is 4.88. The first kappa shape index (κ1) is 13.3. The third-order valence-corrected chi connectivity index (χ3v) is 4.12. The number of likely N-dealkylation sites (tertiary alicyclic amines) is 1. The van der Waals surface area contributed by atoms with Crippen LogP contribution in [0.4, 0.5) is 0 Å². The number of amides is 1. The number of hydrogen-bond donors (Lipinski definition) is 0. The summed E-state index contributed by atoms with van der Waals surface area (Å²) >= 11 is 0. The van der Waals surface area contributed by atoms with E-state index in [9.17, 15) is 9.59 Å². The van der Waals surface area contributed by atoms with Crippen LogP contribution in [0.25, 0.3) is 0 Å². The van der Waals surface area contributed by atoms with E-state index in [0.29, 0.717) is 6.54 Å². The molecule has 2 fully saturated rings. The molecule has 0 aromatic carbocycles. The van der Waals surface area contributed by atoms with E-state index >= 15 is 0 Å². The molecule has 2 aliphatic heterocycles. The van der Waals surface area contributed by atoms with E-state index in [1.165, 1.54) is 7.11 Å². The Kier molecular flexibility index (Phi) is 3.61. The van der Waals surface area contributed by atoms with E-state index in [1.54, 1.807) is 4.90 Å². The van der Waals surface area contributed by atoms with Gasteiger partial charge in [-0.1, -0.05) is 0 Å². The molecule has 0 bridgehead atoms. The fourth-order valence-corrected chi connectivity index (χ4v) is 2.89. The zero-order chi connectivity index (χ0) is 13.3. The molecule has 2 rings (SSSR count). The lowest BCUT2D eigenvalue weighted by Crippen LogP contribution is -2.49. The van der Waals surface area contributed by atoms with Crippen molar-refractivity contribution in [2.24, 2.45) is 5.92 Å². The van der Waals surface area contributed by atoms with Gasteiger partial charge in [-0.15, -0.1) is 0 Å². The maximum atomic E-state index is 12.1. The van der Waals surface area contributed by atoms with E-state index in [-0.39, 0.29) is 30.3 Å². The summed E-state index contributed by atoms with van der Waals surface area (Å²) in [4.78, 5) is 25.6. The summed E-state index contributed by atoms with van der Waals surface area (Å²) in [7, 11) is 1.37. The van der Waals surface area contributed by atoms with Crippen LogP contribution in [0.1, 0.15) is 33.1 Å². The van der Waals surface area contributed by atoms with Crippen LogP contribution in [-0.2, 0) is 19.1 Å². The van der Waals surface area contributed by atoms with Gasteiger partial charge in [0.2, 0.25) is 5.91 Å². The summed E-state index contributed by atoms with van der Waals surface area (Å²) in [5.41, 5.74) is -0.490. The summed E-state index contributed by atoms with van der Waals surface area (Å²) in [6.07, 6.45) is 2.40. The van der Waals surface area contributed by atoms with Gasteiger partial charge < -0.3 is 14.4 Å². The van der Waals surface area contributed by atoms with Gasteiger partial charge in [0, 0.05) is 19.6 Å². The van der Waals surface area contributed by atoms with E-state index in [4.69, 9.17) is 9.47 Å². The zero-order valence-electron chi connectivity index (χ0n) is 11.3. The third kappa shape index (κ3) is 2.23. The van der Waals surface area contributed by atoms with Crippen LogP contribution in [-0.4, -0.2) is 48.7 Å². The number of ether oxygens (including phenoxy) is 2. The molecule has 0 aromatic rings. The molecule has 0 N–H and O–H groups in total. The number of carbonyl (C=O) groups excluding carboxylic acids is 2. The molecule has 2 saturated heterocycles. The Bertz CT molecular complexity index is 347. The highest BCUT2D eigenvalue weighted by Gasteiger charge is 2.50. The van der Waals surface area contributed by atoms with Gasteiger partial charge in [0.05, 0.1) is 24.7 Å². The number of hydrogen-bond acceptors (Lipinski definition) is 4. The lowest BCUT2D eigenvalue weighted by Gasteiger charge is -2.36. The standard InChI is InChI=1S/C13H21NO4/c1-13(2)10(12(16)17-3)7-11(15)14(13)8-9-5-4-6-18-9/h9-10H,4-8H2,1-3H3. The predicted molar refractivity (Wildman–Crippen MR) is 64.9 cm³/mol. The fourth-order valence-electron chi connectivity index (χ4n) is 2.89. The van der Waals surface area contributed by atoms with Crippen molar-refractivity contribution in [1.82, 2.24) is 4.90 Å². The van der Waals surface area contributed by atoms with Gasteiger partial charge in [0.1, 0.15) is 0 Å². The average molecular weight is 255 g/mol. The number of nitrogens with zero attached hydrogens (tertiary/aromatic N) is 1. The van der Waals surface area contributed by atoms with Crippen molar-refractivity contribution < 1.29 is 19.1 Å². The summed E-state index contributed by atoms with van der Waals surface area (Å²) in [6.45, 7) is 5.20. The lowest BCUT2D eigenvalue weighted by atomic mass is 9.88. The summed E-state index contributed by atoms with van der Waals surface area (Å²) in [6, 6.07) is 0. The molecule has 18 heavy (non-hydrogen) atoms. The monoisotopic (exact) mass is 255 g/mol. The van der Waals surface area contributed by atoms with E-state index in [2.05, 4.69) is 0 Å². The Hall–Kier alpha value is -1.10. The minimum Gasteiger partial charge on any atom is -0.469 e. The molecule has 2 unspecified atom stereocenters. The number of carbonyl (C=O) groups is 2. The van der Waals surface area contributed by atoms with Crippen LogP contribution in [0, 0.1) is 5.92 Å². The summed E-state index contributed by atoms with van der Waals surface area (Å²) in [5.74, 6) is -0.662. The molecule has 2 heterocycles. The molecule has 5 heteroatoms. The minimum absolute atomic E-state index is 0.0194. The Labute approximate surface area is 107 Å². The molecule has 2 aliphatic rings. The smallest absolute Gasteiger partial charge is 0.311 e. The van der Waals surface area contributed by atoms with E-state index in [1.807, 2.05) is 13.8 Å². The second-order valence-electron chi connectivity index (χ2n) is 5.57. The molecule has 0 radical (unpaired) electrons. The highest BCUT2D eigenvalue weighted by atomic mass is 16.5. The Morgan fingerprint density at radius 2 is 2.28 bits per heavy atom. The van der Waals surface area contributed by atoms with Crippen LogP contribution in [0.3, 0.4) is 0 Å². The molecule has 0 spiro atoms. The highest BCUT2D eigenvalue weighted by Crippen LogP contribution is 2.37. The fraction of sp³-hybridized carbons (Fsp3) is 0.846. The van der Waals surface area contributed by atoms with Gasteiger partial charge in [-0.3, -0.25) is 9.59 Å². The lowest BCUT2D eigenvalue weighted by molar-refractivity contribution is -0.148. The van der Waals surface area contributed by atoms with Crippen molar-refractivity contribution in [3.05, 3.63) is 0 Å². The Morgan fingerprint density at radius 3 is 2.83 bits per heavy atom. The first-order valence-corrected chi connectivity index (χ1v) is 6.46. The maximum Gasteiger partial charge on any atom is 0.311 e. The van der Waals surface area contributed by atoms with Crippen LogP contribution >= 0.6 is 0 Å². The van der Waals surface area contributed by atoms with Gasteiger partial charge >= 0.3 is 5.97 Å². The maximum absolute atomic E-state index is 12.1. The van der Waals surface area contributed by atoms with Crippen LogP contribution < -0.4 is 0 Å². The van der Waals surface area contributed by atoms with Gasteiger partial charge in [0.25, 0.3) is 0 Å². The molecular weight excluding hydrogens is 234 g/mol. The molecule has 0 aliphatic carbocycles. The molecule has 5 nitrogen and oxygen atoms in total. The zero-order valence-corrected chi connectivity index (χ0v) is 11.3. The normalized spacial score (nSPS) is 30.8. The van der Waals surface area contributed by atoms with Crippen LogP contribution in [0.2, 0.25) is 0 Å². The molecule has 1 amide bonds. The van der Waals surface area contributed by atoms with Gasteiger partial charge in [-0.05, 0) is 26.7 Å². The number of esters is 1. The average Bonchev–Trinajstić information content (AvgIpc) is 2.90. The molecular formula is C13H21NO4. The minimum atomic E-state index is -0.490. The SMILES string of the molecule is COC(=O)C1CC(=O)N(CC2CCCO2)C1(C)C. The quantitative estimate of drug-likeness (QED) is 0.705. The van der Waals surface area contributed by atoms with E-state index in [0.717, 1.165) is 19.4 Å². The molecule has 0 saturated carbocycles. The largest absolute Gasteiger partial charge is 0.469 e. The van der Waals surface area contributed by atoms with Crippen molar-refractivity contribution in [2.45, 2.75) is 44.8 Å². The van der Waals surface area contributed by atoms with Gasteiger partial charge in [-0.2, -0.15) is 0 Å². The van der Waals surface area contributed by atoms with Crippen LogP contribution in [0.15, 0.2) is 0 Å². The molecule has 2 atom stereocenters. The van der Waals surface area contributed by atoms with Crippen molar-refractivity contribution in [1.29, 1.82) is 0 Å². The van der Waals surface area contributed by atoms with Crippen LogP contribution in [0.5, 0.6) is 0 Å². The number of methoxy groups -OCH3 is 1. The van der Waals surface area contributed by atoms with Crippen molar-refractivity contribution in [3.8, 4) is 0 Å². The first-order chi connectivity index (χ1) is 8.46. The second-order valence-corrected chi connectivity index (χ2v) is 5.57. The molecule has 0 aromatic heterocycles. The van der Waals surface area contributed by atoms with Crippen molar-refractivity contribution >= 4 is 11.9 Å². The number of rotatable bonds is 3. The molecule has 102 valence electrons. The van der Waals surface area contributed by atoms with Crippen molar-refractivity contribution in [2.75, 3.05) is 20.3 Å². The van der Waals surface area contributed by atoms with Crippen molar-refractivity contribution in [3.63, 3.8) is 0 Å². The van der Waals surface area contributed by atoms with E-state index < -0.39 is 5.54 Å². The first-order valence-electron chi connectivity index (χ1n) is 6.46. The van der Waals surface area contributed by atoms with Gasteiger partial charge in [-0.25, -0.2) is 0 Å².